The molecule has 0 atom stereocenters. The fraction of sp³-hybridized carbons (Fsp3) is 0.0870. The first-order valence-corrected chi connectivity index (χ1v) is 9.74. The van der Waals surface area contributed by atoms with Crippen molar-refractivity contribution in [2.45, 2.75) is 0 Å². The lowest BCUT2D eigenvalue weighted by Gasteiger charge is -2.12. The van der Waals surface area contributed by atoms with Gasteiger partial charge in [0.2, 0.25) is 0 Å². The van der Waals surface area contributed by atoms with Crippen LogP contribution in [0.1, 0.15) is 26.3 Å². The number of nitrogens with one attached hydrogen (secondary N) is 2. The average Bonchev–Trinajstić information content (AvgIpc) is 2.80. The Balaban J connectivity index is 1.77. The zero-order valence-corrected chi connectivity index (χ0v) is 18.0. The minimum Gasteiger partial charge on any atom is -0.508 e. The first-order valence-electron chi connectivity index (χ1n) is 9.36. The van der Waals surface area contributed by atoms with Gasteiger partial charge >= 0.3 is 0 Å². The number of ether oxygens (including phenoxy) is 2. The molecule has 9 heteroatoms. The van der Waals surface area contributed by atoms with E-state index < -0.39 is 11.8 Å². The molecule has 3 aromatic carbocycles. The van der Waals surface area contributed by atoms with E-state index in [0.29, 0.717) is 27.6 Å². The first kappa shape index (κ1) is 22.6. The van der Waals surface area contributed by atoms with Crippen molar-refractivity contribution >= 4 is 35.3 Å². The third-order valence-corrected chi connectivity index (χ3v) is 4.63. The number of anilines is 1. The standard InChI is InChI=1S/C23H20ClN3O5/c1-31-20-10-5-15(11-21(20)32-2)22(29)26-19-9-6-16(24)12-18(19)23(30)27-25-13-14-3-7-17(28)8-4-14/h3-13,28H,1-2H3,(H,26,29)(H,27,30)/b25-13+. The molecule has 0 aliphatic rings. The van der Waals surface area contributed by atoms with Crippen molar-refractivity contribution in [2.24, 2.45) is 5.10 Å². The Morgan fingerprint density at radius 1 is 0.938 bits per heavy atom. The number of rotatable bonds is 7. The van der Waals surface area contributed by atoms with Crippen LogP contribution < -0.4 is 20.2 Å². The van der Waals surface area contributed by atoms with Crippen molar-refractivity contribution in [1.29, 1.82) is 0 Å². The predicted molar refractivity (Wildman–Crippen MR) is 122 cm³/mol. The normalized spacial score (nSPS) is 10.6. The fourth-order valence-electron chi connectivity index (χ4n) is 2.77. The van der Waals surface area contributed by atoms with Crippen LogP contribution >= 0.6 is 11.6 Å². The quantitative estimate of drug-likeness (QED) is 0.369. The van der Waals surface area contributed by atoms with Crippen LogP contribution in [0.5, 0.6) is 17.2 Å². The van der Waals surface area contributed by atoms with Gasteiger partial charge in [0, 0.05) is 10.6 Å². The van der Waals surface area contributed by atoms with Crippen molar-refractivity contribution in [3.8, 4) is 17.2 Å². The second-order valence-corrected chi connectivity index (χ2v) is 6.94. The Hall–Kier alpha value is -4.04. The van der Waals surface area contributed by atoms with Crippen molar-refractivity contribution < 1.29 is 24.2 Å². The van der Waals surface area contributed by atoms with E-state index in [-0.39, 0.29) is 17.0 Å². The zero-order chi connectivity index (χ0) is 23.1. The Labute approximate surface area is 189 Å². The lowest BCUT2D eigenvalue weighted by molar-refractivity contribution is 0.0956. The van der Waals surface area contributed by atoms with Gasteiger partial charge in [0.15, 0.2) is 11.5 Å². The van der Waals surface area contributed by atoms with Gasteiger partial charge < -0.3 is 19.9 Å². The molecule has 0 fully saturated rings. The van der Waals surface area contributed by atoms with Gasteiger partial charge in [-0.1, -0.05) is 11.6 Å². The van der Waals surface area contributed by atoms with Gasteiger partial charge in [-0.15, -0.1) is 0 Å². The monoisotopic (exact) mass is 453 g/mol. The van der Waals surface area contributed by atoms with Crippen molar-refractivity contribution in [1.82, 2.24) is 5.43 Å². The van der Waals surface area contributed by atoms with Crippen LogP contribution in [0.4, 0.5) is 5.69 Å². The molecule has 0 radical (unpaired) electrons. The van der Waals surface area contributed by atoms with Gasteiger partial charge in [0.05, 0.1) is 31.7 Å². The number of carbonyl (C=O) groups excluding carboxylic acids is 2. The zero-order valence-electron chi connectivity index (χ0n) is 17.3. The molecule has 8 nitrogen and oxygen atoms in total. The summed E-state index contributed by atoms with van der Waals surface area (Å²) >= 11 is 6.05. The highest BCUT2D eigenvalue weighted by molar-refractivity contribution is 6.31. The molecule has 0 bridgehead atoms. The molecule has 0 aliphatic carbocycles. The molecule has 3 rings (SSSR count). The van der Waals surface area contributed by atoms with E-state index >= 15 is 0 Å². The van der Waals surface area contributed by atoms with Gasteiger partial charge in [-0.2, -0.15) is 5.10 Å². The third-order valence-electron chi connectivity index (χ3n) is 4.39. The van der Waals surface area contributed by atoms with Crippen molar-refractivity contribution in [3.63, 3.8) is 0 Å². The minimum absolute atomic E-state index is 0.125. The number of methoxy groups -OCH3 is 2. The van der Waals surface area contributed by atoms with Gasteiger partial charge in [-0.3, -0.25) is 9.59 Å². The highest BCUT2D eigenvalue weighted by Crippen LogP contribution is 2.28. The Morgan fingerprint density at radius 3 is 2.34 bits per heavy atom. The molecule has 0 aliphatic heterocycles. The predicted octanol–water partition coefficient (Wildman–Crippen LogP) is 4.08. The van der Waals surface area contributed by atoms with Crippen LogP contribution in [-0.4, -0.2) is 37.4 Å². The van der Waals surface area contributed by atoms with E-state index in [4.69, 9.17) is 21.1 Å². The second kappa shape index (κ2) is 10.3. The molecule has 164 valence electrons. The van der Waals surface area contributed by atoms with Gasteiger partial charge in [-0.25, -0.2) is 5.43 Å². The fourth-order valence-corrected chi connectivity index (χ4v) is 2.94. The van der Waals surface area contributed by atoms with E-state index in [1.807, 2.05) is 0 Å². The van der Waals surface area contributed by atoms with Gasteiger partial charge in [-0.05, 0) is 66.2 Å². The summed E-state index contributed by atoms with van der Waals surface area (Å²) in [6.07, 6.45) is 1.42. The highest BCUT2D eigenvalue weighted by Gasteiger charge is 2.16. The van der Waals surface area contributed by atoms with E-state index in [1.165, 1.54) is 50.8 Å². The van der Waals surface area contributed by atoms with Crippen LogP contribution in [0, 0.1) is 0 Å². The highest BCUT2D eigenvalue weighted by atomic mass is 35.5. The van der Waals surface area contributed by atoms with Crippen LogP contribution in [0.15, 0.2) is 65.8 Å². The van der Waals surface area contributed by atoms with Crippen LogP contribution in [0.2, 0.25) is 5.02 Å². The number of phenolic OH excluding ortho intramolecular Hbond substituents is 1. The molecule has 3 aromatic rings. The first-order chi connectivity index (χ1) is 15.4. The number of hydrazone groups is 1. The Bertz CT molecular complexity index is 1160. The maximum Gasteiger partial charge on any atom is 0.273 e. The second-order valence-electron chi connectivity index (χ2n) is 6.50. The van der Waals surface area contributed by atoms with E-state index in [0.717, 1.165) is 0 Å². The smallest absolute Gasteiger partial charge is 0.273 e. The molecule has 32 heavy (non-hydrogen) atoms. The number of aromatic hydroxyl groups is 1. The summed E-state index contributed by atoms with van der Waals surface area (Å²) in [6, 6.07) is 15.5. The molecule has 2 amide bonds. The molecular weight excluding hydrogens is 434 g/mol. The summed E-state index contributed by atoms with van der Waals surface area (Å²) in [7, 11) is 2.97. The number of nitrogens with zero attached hydrogens (tertiary/aromatic N) is 1. The molecule has 0 aromatic heterocycles. The lowest BCUT2D eigenvalue weighted by atomic mass is 10.1. The van der Waals surface area contributed by atoms with Crippen molar-refractivity contribution in [3.05, 3.63) is 82.4 Å². The summed E-state index contributed by atoms with van der Waals surface area (Å²) in [5.74, 6) is -0.0000680. The summed E-state index contributed by atoms with van der Waals surface area (Å²) in [4.78, 5) is 25.4. The molecule has 0 unspecified atom stereocenters. The number of carbonyl (C=O) groups is 2. The maximum absolute atomic E-state index is 12.7. The summed E-state index contributed by atoms with van der Waals surface area (Å²) in [6.45, 7) is 0. The topological polar surface area (TPSA) is 109 Å². The summed E-state index contributed by atoms with van der Waals surface area (Å²) < 4.78 is 10.4. The minimum atomic E-state index is -0.565. The molecular formula is C23H20ClN3O5. The molecule has 0 spiro atoms. The van der Waals surface area contributed by atoms with Crippen LogP contribution in [0.3, 0.4) is 0 Å². The number of halogens is 1. The van der Waals surface area contributed by atoms with Crippen LogP contribution in [0.25, 0.3) is 0 Å². The maximum atomic E-state index is 12.7. The Morgan fingerprint density at radius 2 is 1.66 bits per heavy atom. The number of phenols is 1. The number of hydrogen-bond acceptors (Lipinski definition) is 6. The summed E-state index contributed by atoms with van der Waals surface area (Å²) in [5, 5.41) is 16.2. The SMILES string of the molecule is COc1ccc(C(=O)Nc2ccc(Cl)cc2C(=O)N/N=C/c2ccc(O)cc2)cc1OC. The number of benzene rings is 3. The van der Waals surface area contributed by atoms with E-state index in [1.54, 1.807) is 30.3 Å². The molecule has 0 heterocycles. The summed E-state index contributed by atoms with van der Waals surface area (Å²) in [5.41, 5.74) is 3.78. The average molecular weight is 454 g/mol. The van der Waals surface area contributed by atoms with E-state index in [2.05, 4.69) is 15.8 Å². The van der Waals surface area contributed by atoms with E-state index in [9.17, 15) is 14.7 Å². The van der Waals surface area contributed by atoms with Gasteiger partial charge in [0.25, 0.3) is 11.8 Å². The third kappa shape index (κ3) is 5.55. The largest absolute Gasteiger partial charge is 0.508 e. The van der Waals surface area contributed by atoms with Crippen LogP contribution in [-0.2, 0) is 0 Å². The van der Waals surface area contributed by atoms with Gasteiger partial charge in [0.1, 0.15) is 5.75 Å². The lowest BCUT2D eigenvalue weighted by Crippen LogP contribution is -2.21. The molecule has 3 N–H and O–H groups in total. The van der Waals surface area contributed by atoms with Crippen molar-refractivity contribution in [2.75, 3.05) is 19.5 Å². The number of hydrogen-bond donors (Lipinski definition) is 3. The molecule has 0 saturated carbocycles. The Kier molecular flexibility index (Phi) is 7.30. The molecule has 0 saturated heterocycles. The number of amides is 2.